The molecule has 0 amide bonds. The molecular formula is C10H13NO2S. The molecule has 14 heavy (non-hydrogen) atoms. The Morgan fingerprint density at radius 2 is 2.14 bits per heavy atom. The van der Waals surface area contributed by atoms with Crippen molar-refractivity contribution in [3.05, 3.63) is 16.6 Å². The molecule has 1 heterocycles. The van der Waals surface area contributed by atoms with Crippen molar-refractivity contribution in [2.45, 2.75) is 38.0 Å². The van der Waals surface area contributed by atoms with Gasteiger partial charge < -0.3 is 5.11 Å². The SMILES string of the molecule is O=C(O)c1csnc1C1CCCCC1. The number of hydrogen-bond acceptors (Lipinski definition) is 3. The van der Waals surface area contributed by atoms with Crippen molar-refractivity contribution in [3.8, 4) is 0 Å². The fourth-order valence-corrected chi connectivity index (χ4v) is 2.82. The van der Waals surface area contributed by atoms with E-state index in [4.69, 9.17) is 5.11 Å². The van der Waals surface area contributed by atoms with Crippen LogP contribution in [0.4, 0.5) is 0 Å². The van der Waals surface area contributed by atoms with Crippen molar-refractivity contribution in [2.24, 2.45) is 0 Å². The largest absolute Gasteiger partial charge is 0.478 e. The van der Waals surface area contributed by atoms with Gasteiger partial charge in [0.1, 0.15) is 0 Å². The number of carboxylic acids is 1. The number of hydrogen-bond donors (Lipinski definition) is 1. The van der Waals surface area contributed by atoms with Crippen LogP contribution in [-0.4, -0.2) is 15.4 Å². The van der Waals surface area contributed by atoms with Crippen molar-refractivity contribution >= 4 is 17.5 Å². The maximum atomic E-state index is 10.9. The van der Waals surface area contributed by atoms with Crippen molar-refractivity contribution in [3.63, 3.8) is 0 Å². The molecule has 1 saturated carbocycles. The minimum atomic E-state index is -0.834. The first kappa shape index (κ1) is 9.65. The average Bonchev–Trinajstić information content (AvgIpc) is 2.67. The van der Waals surface area contributed by atoms with Gasteiger partial charge in [0, 0.05) is 11.3 Å². The van der Waals surface area contributed by atoms with E-state index < -0.39 is 5.97 Å². The molecule has 0 aromatic carbocycles. The molecule has 0 radical (unpaired) electrons. The molecule has 4 heteroatoms. The van der Waals surface area contributed by atoms with Crippen LogP contribution < -0.4 is 0 Å². The van der Waals surface area contributed by atoms with Gasteiger partial charge in [0.05, 0.1) is 11.3 Å². The molecule has 0 bridgehead atoms. The van der Waals surface area contributed by atoms with E-state index in [9.17, 15) is 4.79 Å². The van der Waals surface area contributed by atoms with E-state index in [1.165, 1.54) is 30.8 Å². The van der Waals surface area contributed by atoms with Crippen molar-refractivity contribution in [1.29, 1.82) is 0 Å². The maximum Gasteiger partial charge on any atom is 0.338 e. The van der Waals surface area contributed by atoms with Gasteiger partial charge in [0.2, 0.25) is 0 Å². The highest BCUT2D eigenvalue weighted by Gasteiger charge is 2.23. The van der Waals surface area contributed by atoms with Crippen LogP contribution in [0.1, 0.15) is 54.1 Å². The minimum absolute atomic E-state index is 0.390. The van der Waals surface area contributed by atoms with E-state index in [0.717, 1.165) is 18.5 Å². The number of rotatable bonds is 2. The van der Waals surface area contributed by atoms with Gasteiger partial charge in [-0.15, -0.1) is 0 Å². The van der Waals surface area contributed by atoms with E-state index >= 15 is 0 Å². The smallest absolute Gasteiger partial charge is 0.338 e. The standard InChI is InChI=1S/C10H13NO2S/c12-10(13)8-6-14-11-9(8)7-4-2-1-3-5-7/h6-7H,1-5H2,(H,12,13). The first-order valence-corrected chi connectivity index (χ1v) is 5.80. The lowest BCUT2D eigenvalue weighted by molar-refractivity contribution is 0.0695. The summed E-state index contributed by atoms with van der Waals surface area (Å²) in [5, 5.41) is 10.6. The topological polar surface area (TPSA) is 50.2 Å². The molecule has 0 saturated heterocycles. The van der Waals surface area contributed by atoms with Crippen molar-refractivity contribution in [1.82, 2.24) is 4.37 Å². The maximum absolute atomic E-state index is 10.9. The fourth-order valence-electron chi connectivity index (χ4n) is 2.08. The lowest BCUT2D eigenvalue weighted by Gasteiger charge is -2.20. The highest BCUT2D eigenvalue weighted by atomic mass is 32.1. The van der Waals surface area contributed by atoms with Gasteiger partial charge in [-0.05, 0) is 24.4 Å². The Kier molecular flexibility index (Phi) is 2.82. The van der Waals surface area contributed by atoms with Crippen LogP contribution in [-0.2, 0) is 0 Å². The van der Waals surface area contributed by atoms with Crippen molar-refractivity contribution < 1.29 is 9.90 Å². The number of carboxylic acid groups (broad SMARTS) is 1. The second kappa shape index (κ2) is 4.09. The highest BCUT2D eigenvalue weighted by Crippen LogP contribution is 2.34. The molecule has 1 fully saturated rings. The third-order valence-corrected chi connectivity index (χ3v) is 3.46. The molecular weight excluding hydrogens is 198 g/mol. The zero-order valence-corrected chi connectivity index (χ0v) is 8.72. The molecule has 1 aliphatic rings. The Labute approximate surface area is 86.9 Å². The van der Waals surface area contributed by atoms with Gasteiger partial charge in [0.15, 0.2) is 0 Å². The molecule has 1 aliphatic carbocycles. The quantitative estimate of drug-likeness (QED) is 0.818. The van der Waals surface area contributed by atoms with Crippen LogP contribution in [0.15, 0.2) is 5.38 Å². The number of aromatic nitrogens is 1. The molecule has 0 spiro atoms. The second-order valence-electron chi connectivity index (χ2n) is 3.75. The molecule has 76 valence electrons. The van der Waals surface area contributed by atoms with Crippen LogP contribution in [0.3, 0.4) is 0 Å². The Balaban J connectivity index is 2.21. The lowest BCUT2D eigenvalue weighted by atomic mass is 9.85. The molecule has 3 nitrogen and oxygen atoms in total. The lowest BCUT2D eigenvalue weighted by Crippen LogP contribution is -2.09. The summed E-state index contributed by atoms with van der Waals surface area (Å²) < 4.78 is 4.22. The van der Waals surface area contributed by atoms with Gasteiger partial charge in [-0.1, -0.05) is 19.3 Å². The summed E-state index contributed by atoms with van der Waals surface area (Å²) in [5.74, 6) is -0.444. The average molecular weight is 211 g/mol. The van der Waals surface area contributed by atoms with Gasteiger partial charge in [-0.25, -0.2) is 4.79 Å². The molecule has 1 N–H and O–H groups in total. The Hall–Kier alpha value is -0.900. The summed E-state index contributed by atoms with van der Waals surface area (Å²) in [5.41, 5.74) is 1.24. The third kappa shape index (κ3) is 1.80. The minimum Gasteiger partial charge on any atom is -0.478 e. The number of aromatic carboxylic acids is 1. The summed E-state index contributed by atoms with van der Waals surface area (Å²) in [6.45, 7) is 0. The van der Waals surface area contributed by atoms with E-state index in [0.29, 0.717) is 11.5 Å². The normalized spacial score (nSPS) is 18.3. The van der Waals surface area contributed by atoms with Gasteiger partial charge in [-0.3, -0.25) is 0 Å². The summed E-state index contributed by atoms with van der Waals surface area (Å²) in [7, 11) is 0. The Bertz CT molecular complexity index is 329. The molecule has 0 atom stereocenters. The summed E-state index contributed by atoms with van der Waals surface area (Å²) in [4.78, 5) is 10.9. The van der Waals surface area contributed by atoms with Gasteiger partial charge >= 0.3 is 5.97 Å². The zero-order chi connectivity index (χ0) is 9.97. The van der Waals surface area contributed by atoms with Crippen LogP contribution in [0, 0.1) is 0 Å². The van der Waals surface area contributed by atoms with Crippen LogP contribution in [0.2, 0.25) is 0 Å². The molecule has 0 unspecified atom stereocenters. The molecule has 2 rings (SSSR count). The van der Waals surface area contributed by atoms with Crippen molar-refractivity contribution in [2.75, 3.05) is 0 Å². The van der Waals surface area contributed by atoms with Gasteiger partial charge in [-0.2, -0.15) is 4.37 Å². The first-order valence-electron chi connectivity index (χ1n) is 4.96. The van der Waals surface area contributed by atoms with E-state index in [-0.39, 0.29) is 0 Å². The van der Waals surface area contributed by atoms with Gasteiger partial charge in [0.25, 0.3) is 0 Å². The Morgan fingerprint density at radius 3 is 2.79 bits per heavy atom. The molecule has 0 aliphatic heterocycles. The first-order chi connectivity index (χ1) is 6.79. The Morgan fingerprint density at radius 1 is 1.43 bits per heavy atom. The predicted octanol–water partition coefficient (Wildman–Crippen LogP) is 2.89. The molecule has 1 aromatic heterocycles. The summed E-state index contributed by atoms with van der Waals surface area (Å²) in [6, 6.07) is 0. The third-order valence-electron chi connectivity index (χ3n) is 2.82. The predicted molar refractivity (Wildman–Crippen MR) is 54.9 cm³/mol. The van der Waals surface area contributed by atoms with Crippen LogP contribution in [0.5, 0.6) is 0 Å². The van der Waals surface area contributed by atoms with E-state index in [1.54, 1.807) is 5.38 Å². The second-order valence-corrected chi connectivity index (χ2v) is 4.38. The van der Waals surface area contributed by atoms with E-state index in [2.05, 4.69) is 4.37 Å². The van der Waals surface area contributed by atoms with Crippen LogP contribution >= 0.6 is 11.5 Å². The monoisotopic (exact) mass is 211 g/mol. The summed E-state index contributed by atoms with van der Waals surface area (Å²) >= 11 is 1.26. The highest BCUT2D eigenvalue weighted by molar-refractivity contribution is 7.03. The van der Waals surface area contributed by atoms with E-state index in [1.807, 2.05) is 0 Å². The number of carbonyl (C=O) groups is 1. The van der Waals surface area contributed by atoms with Crippen LogP contribution in [0.25, 0.3) is 0 Å². The summed E-state index contributed by atoms with van der Waals surface area (Å²) in [6.07, 6.45) is 5.90. The fraction of sp³-hybridized carbons (Fsp3) is 0.600. The number of nitrogens with zero attached hydrogens (tertiary/aromatic N) is 1. The zero-order valence-electron chi connectivity index (χ0n) is 7.90. The molecule has 1 aromatic rings.